The Hall–Kier alpha value is -8.39. The second-order valence-electron chi connectivity index (χ2n) is 19.4. The Labute approximate surface area is 558 Å². The minimum atomic E-state index is -1.31. The summed E-state index contributed by atoms with van der Waals surface area (Å²) in [4.78, 5) is 57.5. The summed E-state index contributed by atoms with van der Waals surface area (Å²) in [6.45, 7) is 12.5. The Morgan fingerprint density at radius 3 is 1.51 bits per heavy atom. The summed E-state index contributed by atoms with van der Waals surface area (Å²) in [5.41, 5.74) is 6.56. The molecule has 0 aromatic heterocycles. The van der Waals surface area contributed by atoms with Crippen LogP contribution in [0.5, 0.6) is 0 Å². The Balaban J connectivity index is -0.000000167. The van der Waals surface area contributed by atoms with Gasteiger partial charge in [-0.3, -0.25) is 24.4 Å². The van der Waals surface area contributed by atoms with Crippen LogP contribution in [0.3, 0.4) is 0 Å². The van der Waals surface area contributed by atoms with Gasteiger partial charge in [-0.05, 0) is 97.0 Å². The van der Waals surface area contributed by atoms with Crippen molar-refractivity contribution in [2.24, 2.45) is 0 Å². The van der Waals surface area contributed by atoms with Gasteiger partial charge in [-0.15, -0.1) is 11.0 Å². The number of carbonyl (C=O) groups excluding carboxylic acids is 4. The van der Waals surface area contributed by atoms with Gasteiger partial charge < -0.3 is 63.9 Å². The molecule has 1 N–H and O–H groups in total. The van der Waals surface area contributed by atoms with Crippen molar-refractivity contribution in [2.45, 2.75) is 58.4 Å². The van der Waals surface area contributed by atoms with E-state index in [-0.39, 0.29) is 158 Å². The molecule has 2 aromatic carbocycles. The van der Waals surface area contributed by atoms with E-state index < -0.39 is 43.0 Å². The summed E-state index contributed by atoms with van der Waals surface area (Å²) in [5, 5.41) is 37.8. The van der Waals surface area contributed by atoms with Crippen LogP contribution in [0.25, 0.3) is 0 Å². The van der Waals surface area contributed by atoms with E-state index in [2.05, 4.69) is 206 Å². The molecule has 0 spiro atoms. The monoisotopic (exact) mass is 1360 g/mol. The molecule has 0 saturated carbocycles. The summed E-state index contributed by atoms with van der Waals surface area (Å²) in [7, 11) is 0. The predicted octanol–water partition coefficient (Wildman–Crippen LogP) is 2.01. The maximum Gasteiger partial charge on any atom is 3.00 e. The maximum atomic E-state index is 13.7. The van der Waals surface area contributed by atoms with Gasteiger partial charge in [0.05, 0.1) is 35.8 Å². The first-order valence-electron chi connectivity index (χ1n) is 26.0. The molecule has 2 aromatic rings. The number of nitrogens with zero attached hydrogens (tertiary/aromatic N) is 6. The molecule has 16 heteroatoms. The van der Waals surface area contributed by atoms with Crippen LogP contribution in [-0.2, 0) is 36.6 Å². The molecular formula is C67H103IInN7O7. The first kappa shape index (κ1) is 68.9. The number of para-hydroxylation sites is 1. The molecule has 1 saturated heterocycles. The quantitative estimate of drug-likeness (QED) is 0.120. The second kappa shape index (κ2) is 36.2. The van der Waals surface area contributed by atoms with Crippen molar-refractivity contribution in [1.29, 1.82) is 0 Å². The molecular weight excluding hydrogens is 1260 g/mol. The Kier molecular flexibility index (Phi) is 30.0. The number of amides is 1. The van der Waals surface area contributed by atoms with Crippen LogP contribution < -0.4 is 49.5 Å². The van der Waals surface area contributed by atoms with Crippen molar-refractivity contribution in [3.8, 4) is 131 Å². The number of nitrogens with one attached hydrogen (secondary N) is 1. The van der Waals surface area contributed by atoms with E-state index in [1.54, 1.807) is 14.7 Å². The Bertz CT molecular complexity index is 3660. The number of benzene rings is 2. The third-order valence-corrected chi connectivity index (χ3v) is 13.0. The molecule has 3 heterocycles. The number of halogens is 1. The van der Waals surface area contributed by atoms with Gasteiger partial charge >= 0.3 is 25.8 Å². The molecule has 0 bridgehead atoms. The van der Waals surface area contributed by atoms with Gasteiger partial charge in [0.25, 0.3) is 0 Å². The number of hydrogen-bond acceptors (Lipinski definition) is 12. The molecule has 5 rings (SSSR count). The van der Waals surface area contributed by atoms with E-state index in [1.807, 2.05) is 45.9 Å². The predicted molar refractivity (Wildman–Crippen MR) is 359 cm³/mol. The molecule has 458 valence electrons. The zero-order valence-corrected chi connectivity index (χ0v) is 52.6. The van der Waals surface area contributed by atoms with Crippen LogP contribution in [0, 0.1) is 131 Å². The van der Waals surface area contributed by atoms with E-state index in [4.69, 9.17) is 6.42 Å². The number of hydrogen-bond donors (Lipinski definition) is 1. The van der Waals surface area contributed by atoms with E-state index >= 15 is 0 Å². The van der Waals surface area contributed by atoms with Gasteiger partial charge in [0.1, 0.15) is 0 Å². The van der Waals surface area contributed by atoms with Crippen LogP contribution >= 0.6 is 0 Å². The van der Waals surface area contributed by atoms with Crippen LogP contribution in [0.2, 0.25) is 0 Å². The van der Waals surface area contributed by atoms with Crippen molar-refractivity contribution < 1.29 is 94.4 Å². The normalized spacial score (nSPS) is 15.5. The van der Waals surface area contributed by atoms with Crippen LogP contribution in [-0.4, -0.2) is 165 Å². The molecule has 0 unspecified atom stereocenters. The summed E-state index contributed by atoms with van der Waals surface area (Å²) >= 11 is 0. The van der Waals surface area contributed by atoms with Crippen molar-refractivity contribution >= 4 is 66.7 Å². The Morgan fingerprint density at radius 2 is 1.05 bits per heavy atom. The number of fused-ring (bicyclic) bond motifs is 2. The molecule has 1 amide bonds. The van der Waals surface area contributed by atoms with Gasteiger partial charge in [0.2, 0.25) is 23.4 Å². The van der Waals surface area contributed by atoms with Crippen molar-refractivity contribution in [3.05, 3.63) is 95.2 Å². The average Bonchev–Trinajstić information content (AvgIpc) is 1.61. The van der Waals surface area contributed by atoms with Crippen molar-refractivity contribution in [3.63, 3.8) is 0 Å². The van der Waals surface area contributed by atoms with Crippen molar-refractivity contribution in [1.82, 2.24) is 24.9 Å². The van der Waals surface area contributed by atoms with E-state index in [0.29, 0.717) is 0 Å². The number of carboxylic acids is 3. The van der Waals surface area contributed by atoms with Gasteiger partial charge in [-0.2, -0.15) is 0 Å². The van der Waals surface area contributed by atoms with Gasteiger partial charge in [-0.1, -0.05) is 63.3 Å². The molecule has 3 aliphatic rings. The second-order valence-corrected chi connectivity index (χ2v) is 19.4. The van der Waals surface area contributed by atoms with E-state index in [0.717, 1.165) is 35.5 Å². The third kappa shape index (κ3) is 22.5. The first-order valence-corrected chi connectivity index (χ1v) is 26.0. The topological polar surface area (TPSA) is 169 Å². The number of allylic oxidation sites excluding steroid dienone is 6. The molecule has 0 aliphatic carbocycles. The smallest absolute Gasteiger partial charge is 1.00 e. The minimum Gasteiger partial charge on any atom is -1.00 e. The molecule has 14 nitrogen and oxygen atoms in total. The molecule has 83 heavy (non-hydrogen) atoms. The minimum absolute atomic E-state index is 0. The number of terminal acetylenes is 1. The molecule has 0 radical (unpaired) electrons. The molecule has 3 aliphatic heterocycles. The van der Waals surface area contributed by atoms with Gasteiger partial charge in [0, 0.05) is 216 Å². The fraction of sp³-hybridized carbons (Fsp3) is 0.328. The summed E-state index contributed by atoms with van der Waals surface area (Å²) in [6, 6.07) is 17.7. The number of rotatable bonds is 15. The van der Waals surface area contributed by atoms with Crippen LogP contribution in [0.4, 0.5) is 11.4 Å². The number of carboxylic acid groups (broad SMARTS) is 3. The largest absolute Gasteiger partial charge is 3.00 e. The molecule has 1 fully saturated rings. The zero-order valence-electron chi connectivity index (χ0n) is 47.1. The zero-order chi connectivity index (χ0) is 58.5. The first-order chi connectivity index (χ1) is 39.0. The molecule has 0 atom stereocenters. The van der Waals surface area contributed by atoms with Crippen molar-refractivity contribution in [2.75, 3.05) is 90.0 Å². The maximum absolute atomic E-state index is 13.7. The fourth-order valence-corrected chi connectivity index (χ4v) is 9.17. The van der Waals surface area contributed by atoms with Crippen LogP contribution in [0.1, 0.15) is 89.1 Å². The number of aliphatic carboxylic acids is 3. The number of anilines is 1. The summed E-state index contributed by atoms with van der Waals surface area (Å²) in [5.74, 6) is 46.9. The van der Waals surface area contributed by atoms with Gasteiger partial charge in [0.15, 0.2) is 0 Å². The average molecular weight is 1360 g/mol. The van der Waals surface area contributed by atoms with E-state index in [9.17, 15) is 34.5 Å². The summed E-state index contributed by atoms with van der Waals surface area (Å²) < 4.78 is 1.91. The SMILES string of the molecule is C#CC#CC#CC#CC#CC#CC#CC#CC#CC#CC#C[N+]1=C(/C=C/C=C/C=C2/N(CCC)c3ccccc3C2(C)C)C(C)(C)c2cc(CNC(=O)CN3CCN(CC(=O)[O-])CCN(CC(=O)[O-])CCN(CC(=O)[O-])CC3)ccc21.[HH].[HH].[HH].[HH].[HH].[HH].[HH].[HH].[HH].[HH].[HH].[HH].[HH].[HH].[HH].[HH].[HH].[HH].[HH].[HH].[HH].[HH].[I-].[In+3]. The van der Waals surface area contributed by atoms with Gasteiger partial charge in [-0.25, -0.2) is 0 Å². The standard InChI is InChI=1S/C67H61N7O7.HI.In.22H2/c1-7-9-10-11-12-13-14-15-16-17-18-19-20-21-22-23-24-25-26-32-40-74-59-38-37-55(49-57(59)67(5,6)61(74)36-29-27-28-35-60-66(3,4)56-33-30-31-34-58(56)73(60)39-8-2)50-68-62(75)51-69-41-43-70(52-63(76)77)45-47-72(54-65(80)81)48-46-71(44-42-69)53-64(78)79;;;;;;;;;;;;;;;;;;;;;;;;/h1,27-31,33-38,49H,8,39,41-48,50-54H2,2-6H3,(H3-,68,75,76,77,78,79,80,81);1H;;22*1H/q;;+3;;;;;;;;;;;;;;;;;;;;;;/p-3. The number of carbonyl (C=O) groups is 4. The van der Waals surface area contributed by atoms with E-state index in [1.165, 1.54) is 16.9 Å². The van der Waals surface area contributed by atoms with Crippen LogP contribution in [0.15, 0.2) is 78.5 Å². The Morgan fingerprint density at radius 1 is 0.602 bits per heavy atom. The fourth-order valence-electron chi connectivity index (χ4n) is 9.17. The summed E-state index contributed by atoms with van der Waals surface area (Å²) in [6.07, 6.45) is 16.3. The third-order valence-electron chi connectivity index (χ3n) is 13.0.